The van der Waals surface area contributed by atoms with Gasteiger partial charge in [-0.15, -0.1) is 0 Å². The van der Waals surface area contributed by atoms with Crippen LogP contribution < -0.4 is 15.4 Å². The van der Waals surface area contributed by atoms with Crippen LogP contribution >= 0.6 is 0 Å². The van der Waals surface area contributed by atoms with Crippen molar-refractivity contribution in [3.63, 3.8) is 0 Å². The standard InChI is InChI=1S/C23H28N2O3/c1-16-7-6-8-17(2)22(16)28-15-21(26)24-20-13-11-18(12-14-20)23(27)25-19-9-4-3-5-10-19/h6-8,11-14,19H,3-5,9-10,15H2,1-2H3,(H,24,26)(H,25,27). The zero-order chi connectivity index (χ0) is 19.9. The van der Waals surface area contributed by atoms with Crippen LogP contribution in [0.5, 0.6) is 5.75 Å². The topological polar surface area (TPSA) is 67.4 Å². The molecule has 0 heterocycles. The van der Waals surface area contributed by atoms with Gasteiger partial charge in [0.15, 0.2) is 6.61 Å². The van der Waals surface area contributed by atoms with Gasteiger partial charge in [-0.3, -0.25) is 9.59 Å². The van der Waals surface area contributed by atoms with Crippen LogP contribution in [0.25, 0.3) is 0 Å². The van der Waals surface area contributed by atoms with Gasteiger partial charge in [-0.25, -0.2) is 0 Å². The van der Waals surface area contributed by atoms with Gasteiger partial charge in [-0.1, -0.05) is 37.5 Å². The summed E-state index contributed by atoms with van der Waals surface area (Å²) in [5.74, 6) is 0.456. The second kappa shape index (κ2) is 9.40. The number of rotatable bonds is 6. The van der Waals surface area contributed by atoms with Crippen molar-refractivity contribution in [2.45, 2.75) is 52.0 Å². The maximum atomic E-state index is 12.4. The molecular formula is C23H28N2O3. The molecule has 0 saturated heterocycles. The Kier molecular flexibility index (Phi) is 6.69. The maximum absolute atomic E-state index is 12.4. The van der Waals surface area contributed by atoms with Crippen LogP contribution in [0.15, 0.2) is 42.5 Å². The number of aryl methyl sites for hydroxylation is 2. The molecule has 0 aliphatic heterocycles. The van der Waals surface area contributed by atoms with E-state index in [1.54, 1.807) is 24.3 Å². The highest BCUT2D eigenvalue weighted by molar-refractivity contribution is 5.96. The van der Waals surface area contributed by atoms with E-state index in [0.717, 1.165) is 29.7 Å². The van der Waals surface area contributed by atoms with Gasteiger partial charge in [0.1, 0.15) is 5.75 Å². The molecule has 148 valence electrons. The number of benzene rings is 2. The van der Waals surface area contributed by atoms with Gasteiger partial charge in [0.05, 0.1) is 0 Å². The molecule has 0 spiro atoms. The lowest BCUT2D eigenvalue weighted by Crippen LogP contribution is -2.36. The summed E-state index contributed by atoms with van der Waals surface area (Å²) in [7, 11) is 0. The molecule has 2 amide bonds. The third-order valence-electron chi connectivity index (χ3n) is 5.13. The Morgan fingerprint density at radius 3 is 2.25 bits per heavy atom. The summed E-state index contributed by atoms with van der Waals surface area (Å²) in [5.41, 5.74) is 3.25. The summed E-state index contributed by atoms with van der Waals surface area (Å²) in [4.78, 5) is 24.5. The fourth-order valence-electron chi connectivity index (χ4n) is 3.58. The average Bonchev–Trinajstić information content (AvgIpc) is 2.69. The summed E-state index contributed by atoms with van der Waals surface area (Å²) in [6, 6.07) is 13.1. The number of carbonyl (C=O) groups is 2. The normalized spacial score (nSPS) is 14.4. The van der Waals surface area contributed by atoms with Gasteiger partial charge < -0.3 is 15.4 Å². The minimum atomic E-state index is -0.234. The first kappa shape index (κ1) is 19.9. The third kappa shape index (κ3) is 5.35. The van der Waals surface area contributed by atoms with Crippen molar-refractivity contribution in [2.24, 2.45) is 0 Å². The molecule has 1 aliphatic rings. The molecule has 0 aromatic heterocycles. The highest BCUT2D eigenvalue weighted by Gasteiger charge is 2.16. The van der Waals surface area contributed by atoms with Crippen LogP contribution in [0.2, 0.25) is 0 Å². The number of amides is 2. The van der Waals surface area contributed by atoms with Gasteiger partial charge in [0.2, 0.25) is 0 Å². The second-order valence-corrected chi connectivity index (χ2v) is 7.44. The highest BCUT2D eigenvalue weighted by atomic mass is 16.5. The Balaban J connectivity index is 1.50. The molecule has 1 saturated carbocycles. The Morgan fingerprint density at radius 1 is 0.964 bits per heavy atom. The molecule has 0 bridgehead atoms. The number of anilines is 1. The summed E-state index contributed by atoms with van der Waals surface area (Å²) >= 11 is 0. The zero-order valence-electron chi connectivity index (χ0n) is 16.6. The van der Waals surface area contributed by atoms with Crippen molar-refractivity contribution < 1.29 is 14.3 Å². The highest BCUT2D eigenvalue weighted by Crippen LogP contribution is 2.22. The van der Waals surface area contributed by atoms with Gasteiger partial charge in [0.25, 0.3) is 11.8 Å². The van der Waals surface area contributed by atoms with E-state index in [2.05, 4.69) is 10.6 Å². The Morgan fingerprint density at radius 2 is 1.61 bits per heavy atom. The van der Waals surface area contributed by atoms with Crippen molar-refractivity contribution in [2.75, 3.05) is 11.9 Å². The molecule has 1 fully saturated rings. The lowest BCUT2D eigenvalue weighted by molar-refractivity contribution is -0.118. The van der Waals surface area contributed by atoms with Crippen molar-refractivity contribution >= 4 is 17.5 Å². The molecule has 0 unspecified atom stereocenters. The van der Waals surface area contributed by atoms with Crippen molar-refractivity contribution in [1.29, 1.82) is 0 Å². The molecular weight excluding hydrogens is 352 g/mol. The Hall–Kier alpha value is -2.82. The van der Waals surface area contributed by atoms with E-state index in [1.807, 2.05) is 32.0 Å². The number of hydrogen-bond acceptors (Lipinski definition) is 3. The smallest absolute Gasteiger partial charge is 0.262 e. The Labute approximate surface area is 166 Å². The zero-order valence-corrected chi connectivity index (χ0v) is 16.6. The van der Waals surface area contributed by atoms with E-state index in [4.69, 9.17) is 4.74 Å². The van der Waals surface area contributed by atoms with E-state index in [9.17, 15) is 9.59 Å². The minimum Gasteiger partial charge on any atom is -0.483 e. The van der Waals surface area contributed by atoms with Crippen LogP contribution in [0, 0.1) is 13.8 Å². The van der Waals surface area contributed by atoms with Gasteiger partial charge in [-0.05, 0) is 62.1 Å². The molecule has 2 aromatic rings. The second-order valence-electron chi connectivity index (χ2n) is 7.44. The van der Waals surface area contributed by atoms with E-state index in [1.165, 1.54) is 19.3 Å². The van der Waals surface area contributed by atoms with E-state index in [0.29, 0.717) is 11.3 Å². The fraction of sp³-hybridized carbons (Fsp3) is 0.391. The summed E-state index contributed by atoms with van der Waals surface area (Å²) in [5, 5.41) is 5.90. The average molecular weight is 380 g/mol. The SMILES string of the molecule is Cc1cccc(C)c1OCC(=O)Nc1ccc(C(=O)NC2CCCCC2)cc1. The van der Waals surface area contributed by atoms with Gasteiger partial charge in [-0.2, -0.15) is 0 Å². The van der Waals surface area contributed by atoms with E-state index in [-0.39, 0.29) is 24.5 Å². The summed E-state index contributed by atoms with van der Waals surface area (Å²) in [6.07, 6.45) is 5.73. The van der Waals surface area contributed by atoms with Crippen LogP contribution in [0.4, 0.5) is 5.69 Å². The van der Waals surface area contributed by atoms with Gasteiger partial charge >= 0.3 is 0 Å². The van der Waals surface area contributed by atoms with Crippen LogP contribution in [0.1, 0.15) is 53.6 Å². The van der Waals surface area contributed by atoms with Crippen molar-refractivity contribution in [1.82, 2.24) is 5.32 Å². The first-order chi connectivity index (χ1) is 13.5. The first-order valence-corrected chi connectivity index (χ1v) is 9.93. The molecule has 2 aromatic carbocycles. The number of ether oxygens (including phenoxy) is 1. The molecule has 3 rings (SSSR count). The number of para-hydroxylation sites is 1. The molecule has 5 heteroatoms. The largest absolute Gasteiger partial charge is 0.483 e. The van der Waals surface area contributed by atoms with Crippen LogP contribution in [-0.2, 0) is 4.79 Å². The predicted octanol–water partition coefficient (Wildman–Crippen LogP) is 4.38. The molecule has 0 radical (unpaired) electrons. The fourth-order valence-corrected chi connectivity index (χ4v) is 3.58. The molecule has 0 atom stereocenters. The van der Waals surface area contributed by atoms with E-state index < -0.39 is 0 Å². The lowest BCUT2D eigenvalue weighted by Gasteiger charge is -2.22. The number of carbonyl (C=O) groups excluding carboxylic acids is 2. The predicted molar refractivity (Wildman–Crippen MR) is 111 cm³/mol. The minimum absolute atomic E-state index is 0.0527. The van der Waals surface area contributed by atoms with Crippen molar-refractivity contribution in [3.05, 3.63) is 59.2 Å². The number of nitrogens with one attached hydrogen (secondary N) is 2. The third-order valence-corrected chi connectivity index (χ3v) is 5.13. The first-order valence-electron chi connectivity index (χ1n) is 9.93. The van der Waals surface area contributed by atoms with E-state index >= 15 is 0 Å². The van der Waals surface area contributed by atoms with Crippen LogP contribution in [-0.4, -0.2) is 24.5 Å². The van der Waals surface area contributed by atoms with Gasteiger partial charge in [0, 0.05) is 17.3 Å². The molecule has 2 N–H and O–H groups in total. The lowest BCUT2D eigenvalue weighted by atomic mass is 9.95. The maximum Gasteiger partial charge on any atom is 0.262 e. The van der Waals surface area contributed by atoms with Crippen LogP contribution in [0.3, 0.4) is 0 Å². The van der Waals surface area contributed by atoms with Crippen molar-refractivity contribution in [3.8, 4) is 5.75 Å². The summed E-state index contributed by atoms with van der Waals surface area (Å²) in [6.45, 7) is 3.85. The molecule has 5 nitrogen and oxygen atoms in total. The quantitative estimate of drug-likeness (QED) is 0.781. The Bertz CT molecular complexity index is 804. The molecule has 1 aliphatic carbocycles. The summed E-state index contributed by atoms with van der Waals surface area (Å²) < 4.78 is 5.67. The molecule has 28 heavy (non-hydrogen) atoms. The number of hydrogen-bond donors (Lipinski definition) is 2. The monoisotopic (exact) mass is 380 g/mol.